The van der Waals surface area contributed by atoms with Crippen LogP contribution in [0.15, 0.2) is 54.6 Å². The standard InChI is InChI=1S/C22H25N3O3/c26-21-19-8-4-5-9-20(19)22(27)25(21)15-14-23-10-12-24(13-11-23)16-17-28-18-6-2-1-3-7-18/h1-9H,10-17H2/p+2. The maximum absolute atomic E-state index is 12.4. The van der Waals surface area contributed by atoms with Gasteiger partial charge in [0.1, 0.15) is 45.1 Å². The zero-order valence-electron chi connectivity index (χ0n) is 16.0. The van der Waals surface area contributed by atoms with Crippen LogP contribution < -0.4 is 14.5 Å². The van der Waals surface area contributed by atoms with E-state index in [0.717, 1.165) is 51.6 Å². The van der Waals surface area contributed by atoms with Gasteiger partial charge in [-0.3, -0.25) is 14.5 Å². The number of nitrogens with zero attached hydrogens (tertiary/aromatic N) is 1. The average Bonchev–Trinajstić information content (AvgIpc) is 2.99. The molecule has 28 heavy (non-hydrogen) atoms. The van der Waals surface area contributed by atoms with Gasteiger partial charge >= 0.3 is 0 Å². The monoisotopic (exact) mass is 381 g/mol. The van der Waals surface area contributed by atoms with E-state index >= 15 is 0 Å². The molecule has 0 aliphatic carbocycles. The van der Waals surface area contributed by atoms with Gasteiger partial charge in [-0.1, -0.05) is 30.3 Å². The molecule has 0 aromatic heterocycles. The van der Waals surface area contributed by atoms with Crippen LogP contribution in [-0.4, -0.2) is 69.1 Å². The molecule has 2 amide bonds. The Balaban J connectivity index is 1.18. The van der Waals surface area contributed by atoms with Crippen molar-refractivity contribution in [1.29, 1.82) is 0 Å². The third-order valence-corrected chi connectivity index (χ3v) is 5.70. The Morgan fingerprint density at radius 2 is 1.29 bits per heavy atom. The number of hydrogen-bond donors (Lipinski definition) is 2. The van der Waals surface area contributed by atoms with Gasteiger partial charge in [-0.25, -0.2) is 0 Å². The smallest absolute Gasteiger partial charge is 0.261 e. The molecule has 2 heterocycles. The molecular formula is C22H27N3O3+2. The molecule has 2 aromatic rings. The molecule has 1 fully saturated rings. The third-order valence-electron chi connectivity index (χ3n) is 5.70. The number of benzene rings is 2. The van der Waals surface area contributed by atoms with Crippen molar-refractivity contribution in [1.82, 2.24) is 4.90 Å². The van der Waals surface area contributed by atoms with Crippen molar-refractivity contribution in [2.45, 2.75) is 0 Å². The molecule has 2 N–H and O–H groups in total. The molecule has 0 unspecified atom stereocenters. The van der Waals surface area contributed by atoms with Gasteiger partial charge in [0.2, 0.25) is 0 Å². The number of carbonyl (C=O) groups excluding carboxylic acids is 2. The highest BCUT2D eigenvalue weighted by molar-refractivity contribution is 6.21. The minimum absolute atomic E-state index is 0.151. The summed E-state index contributed by atoms with van der Waals surface area (Å²) in [7, 11) is 0. The fourth-order valence-electron chi connectivity index (χ4n) is 4.00. The first-order chi connectivity index (χ1) is 13.7. The van der Waals surface area contributed by atoms with Crippen LogP contribution in [0.5, 0.6) is 5.75 Å². The molecule has 6 heteroatoms. The van der Waals surface area contributed by atoms with E-state index in [1.165, 1.54) is 9.80 Å². The van der Waals surface area contributed by atoms with E-state index in [1.807, 2.05) is 42.5 Å². The number of piperazine rings is 1. The van der Waals surface area contributed by atoms with Crippen molar-refractivity contribution in [3.63, 3.8) is 0 Å². The number of amides is 2. The van der Waals surface area contributed by atoms with Crippen LogP contribution in [-0.2, 0) is 0 Å². The van der Waals surface area contributed by atoms with Crippen LogP contribution in [0.25, 0.3) is 0 Å². The minimum Gasteiger partial charge on any atom is -0.488 e. The lowest BCUT2D eigenvalue weighted by Gasteiger charge is -2.30. The predicted molar refractivity (Wildman–Crippen MR) is 105 cm³/mol. The first kappa shape index (κ1) is 18.7. The third kappa shape index (κ3) is 4.08. The molecule has 1 saturated heterocycles. The van der Waals surface area contributed by atoms with Crippen molar-refractivity contribution in [2.24, 2.45) is 0 Å². The van der Waals surface area contributed by atoms with E-state index in [2.05, 4.69) is 0 Å². The summed E-state index contributed by atoms with van der Waals surface area (Å²) in [5, 5.41) is 0. The summed E-state index contributed by atoms with van der Waals surface area (Å²) >= 11 is 0. The van der Waals surface area contributed by atoms with E-state index in [1.54, 1.807) is 17.0 Å². The first-order valence-corrected chi connectivity index (χ1v) is 10.0. The fraction of sp³-hybridized carbons (Fsp3) is 0.364. The number of ether oxygens (including phenoxy) is 1. The van der Waals surface area contributed by atoms with Crippen LogP contribution in [0.1, 0.15) is 20.7 Å². The summed E-state index contributed by atoms with van der Waals surface area (Å²) in [5.41, 5.74) is 1.07. The summed E-state index contributed by atoms with van der Waals surface area (Å²) in [6.07, 6.45) is 0. The quantitative estimate of drug-likeness (QED) is 0.614. The van der Waals surface area contributed by atoms with Gasteiger partial charge in [0.15, 0.2) is 0 Å². The van der Waals surface area contributed by atoms with Crippen molar-refractivity contribution in [3.05, 3.63) is 65.7 Å². The van der Waals surface area contributed by atoms with Gasteiger partial charge in [-0.15, -0.1) is 0 Å². The number of nitrogens with one attached hydrogen (secondary N) is 2. The molecule has 4 rings (SSSR count). The van der Waals surface area contributed by atoms with Gasteiger partial charge in [0.25, 0.3) is 11.8 Å². The van der Waals surface area contributed by atoms with Gasteiger partial charge in [-0.05, 0) is 24.3 Å². The van der Waals surface area contributed by atoms with Crippen LogP contribution in [0.2, 0.25) is 0 Å². The molecule has 2 aliphatic heterocycles. The Bertz CT molecular complexity index is 797. The van der Waals surface area contributed by atoms with Gasteiger partial charge in [0.05, 0.1) is 24.2 Å². The zero-order valence-corrected chi connectivity index (χ0v) is 16.0. The molecule has 0 atom stereocenters. The Morgan fingerprint density at radius 1 is 0.750 bits per heavy atom. The van der Waals surface area contributed by atoms with Crippen LogP contribution in [0, 0.1) is 0 Å². The maximum atomic E-state index is 12.4. The van der Waals surface area contributed by atoms with Crippen LogP contribution in [0.4, 0.5) is 0 Å². The average molecular weight is 381 g/mol. The Labute approximate surface area is 165 Å². The number of para-hydroxylation sites is 1. The Hall–Kier alpha value is -2.70. The van der Waals surface area contributed by atoms with Crippen molar-refractivity contribution in [3.8, 4) is 5.75 Å². The molecule has 0 spiro atoms. The number of imide groups is 1. The summed E-state index contributed by atoms with van der Waals surface area (Å²) in [6, 6.07) is 17.0. The summed E-state index contributed by atoms with van der Waals surface area (Å²) in [4.78, 5) is 29.3. The fourth-order valence-corrected chi connectivity index (χ4v) is 4.00. The maximum Gasteiger partial charge on any atom is 0.261 e. The highest BCUT2D eigenvalue weighted by Gasteiger charge is 2.35. The number of hydrogen-bond acceptors (Lipinski definition) is 3. The Morgan fingerprint density at radius 3 is 1.89 bits per heavy atom. The minimum atomic E-state index is -0.151. The molecule has 2 aromatic carbocycles. The van der Waals surface area contributed by atoms with Crippen molar-refractivity contribution < 1.29 is 24.1 Å². The molecule has 2 aliphatic rings. The number of rotatable bonds is 7. The topological polar surface area (TPSA) is 55.5 Å². The lowest BCUT2D eigenvalue weighted by molar-refractivity contribution is -1.01. The van der Waals surface area contributed by atoms with Gasteiger partial charge in [0, 0.05) is 0 Å². The van der Waals surface area contributed by atoms with E-state index < -0.39 is 0 Å². The van der Waals surface area contributed by atoms with Crippen molar-refractivity contribution >= 4 is 11.8 Å². The number of quaternary nitrogens is 2. The highest BCUT2D eigenvalue weighted by atomic mass is 16.5. The molecular weight excluding hydrogens is 354 g/mol. The molecule has 0 bridgehead atoms. The second-order valence-electron chi connectivity index (χ2n) is 7.47. The second kappa shape index (κ2) is 8.54. The Kier molecular flexibility index (Phi) is 5.69. The molecule has 6 nitrogen and oxygen atoms in total. The summed E-state index contributed by atoms with van der Waals surface area (Å²) in [5.74, 6) is 0.622. The largest absolute Gasteiger partial charge is 0.488 e. The lowest BCUT2D eigenvalue weighted by Crippen LogP contribution is -3.28. The van der Waals surface area contributed by atoms with Gasteiger partial charge in [-0.2, -0.15) is 0 Å². The SMILES string of the molecule is O=C1c2ccccc2C(=O)N1CC[NH+]1CC[NH+](CCOc2ccccc2)CC1. The second-order valence-corrected chi connectivity index (χ2v) is 7.47. The highest BCUT2D eigenvalue weighted by Crippen LogP contribution is 2.21. The molecule has 0 saturated carbocycles. The molecule has 0 radical (unpaired) electrons. The number of carbonyl (C=O) groups is 2. The van der Waals surface area contributed by atoms with Crippen LogP contribution in [0.3, 0.4) is 0 Å². The van der Waals surface area contributed by atoms with E-state index in [4.69, 9.17) is 4.74 Å². The van der Waals surface area contributed by atoms with E-state index in [-0.39, 0.29) is 11.8 Å². The zero-order chi connectivity index (χ0) is 19.3. The summed E-state index contributed by atoms with van der Waals surface area (Å²) < 4.78 is 5.80. The lowest BCUT2D eigenvalue weighted by atomic mass is 10.1. The predicted octanol–water partition coefficient (Wildman–Crippen LogP) is -0.855. The van der Waals surface area contributed by atoms with Crippen molar-refractivity contribution in [2.75, 3.05) is 52.4 Å². The van der Waals surface area contributed by atoms with Gasteiger partial charge < -0.3 is 14.5 Å². The first-order valence-electron chi connectivity index (χ1n) is 10.0. The molecule has 146 valence electrons. The van der Waals surface area contributed by atoms with Crippen LogP contribution >= 0.6 is 0 Å². The van der Waals surface area contributed by atoms with E-state index in [9.17, 15) is 9.59 Å². The number of fused-ring (bicyclic) bond motifs is 1. The normalized spacial score (nSPS) is 21.6. The van der Waals surface area contributed by atoms with E-state index in [0.29, 0.717) is 17.7 Å². The summed E-state index contributed by atoms with van der Waals surface area (Å²) in [6.45, 7) is 7.34.